The molecule has 2 aliphatic rings. The fourth-order valence-electron chi connectivity index (χ4n) is 4.58. The number of esters is 1. The van der Waals surface area contributed by atoms with Gasteiger partial charge in [-0.2, -0.15) is 0 Å². The number of hydrogen-bond donors (Lipinski definition) is 1. The Kier molecular flexibility index (Phi) is 9.21. The number of urea groups is 1. The van der Waals surface area contributed by atoms with Gasteiger partial charge >= 0.3 is 12.0 Å². The molecule has 2 unspecified atom stereocenters. The molecule has 1 N–H and O–H groups in total. The summed E-state index contributed by atoms with van der Waals surface area (Å²) in [6, 6.07) is 3.79. The first kappa shape index (κ1) is 27.0. The Hall–Kier alpha value is -2.55. The maximum Gasteiger partial charge on any atom is 0.338 e. The summed E-state index contributed by atoms with van der Waals surface area (Å²) in [7, 11) is 0. The first-order valence-corrected chi connectivity index (χ1v) is 12.5. The molecule has 0 spiro atoms. The minimum absolute atomic E-state index is 0.00891. The summed E-state index contributed by atoms with van der Waals surface area (Å²) in [5.41, 5.74) is 1.40. The highest BCUT2D eigenvalue weighted by atomic mass is 35.5. The molecule has 10 heteroatoms. The molecule has 2 heterocycles. The van der Waals surface area contributed by atoms with Crippen LogP contribution >= 0.6 is 23.2 Å². The van der Waals surface area contributed by atoms with Crippen molar-refractivity contribution < 1.29 is 19.1 Å². The van der Waals surface area contributed by atoms with Gasteiger partial charge in [-0.1, -0.05) is 42.3 Å². The lowest BCUT2D eigenvalue weighted by atomic mass is 9.93. The Labute approximate surface area is 216 Å². The Balaban J connectivity index is 2.05. The van der Waals surface area contributed by atoms with Crippen LogP contribution in [0.1, 0.15) is 38.8 Å². The molecular formula is C25H32Cl2N4O4. The van der Waals surface area contributed by atoms with Crippen LogP contribution in [0.25, 0.3) is 0 Å². The first-order chi connectivity index (χ1) is 16.7. The van der Waals surface area contributed by atoms with Crippen molar-refractivity contribution in [2.45, 2.75) is 39.3 Å². The van der Waals surface area contributed by atoms with Gasteiger partial charge in [-0.05, 0) is 31.5 Å². The summed E-state index contributed by atoms with van der Waals surface area (Å²) in [4.78, 5) is 44.3. The van der Waals surface area contributed by atoms with Crippen molar-refractivity contribution in [1.82, 2.24) is 20.0 Å². The summed E-state index contributed by atoms with van der Waals surface area (Å²) < 4.78 is 5.42. The Morgan fingerprint density at radius 3 is 2.60 bits per heavy atom. The molecule has 0 aromatic heterocycles. The third-order valence-electron chi connectivity index (χ3n) is 6.23. The lowest BCUT2D eigenvalue weighted by molar-refractivity contribution is -0.139. The third kappa shape index (κ3) is 6.00. The Bertz CT molecular complexity index is 1030. The van der Waals surface area contributed by atoms with Crippen LogP contribution in [0.3, 0.4) is 0 Å². The predicted octanol–water partition coefficient (Wildman–Crippen LogP) is 4.01. The van der Waals surface area contributed by atoms with Gasteiger partial charge in [-0.25, -0.2) is 9.59 Å². The number of halogens is 2. The highest BCUT2D eigenvalue weighted by Gasteiger charge is 2.40. The standard InChI is InChI=1S/C25H32Cl2N4O4/c1-5-10-31-20(15-29-11-12-30(16(4)14-29)21(32)6-2)22(24(33)35-7-3)23(28-25(31)34)18-9-8-17(26)13-19(18)27/h5,8-9,13,16,23H,1,6-7,10-12,14-15H2,2-4H3,(H,28,34). The summed E-state index contributed by atoms with van der Waals surface area (Å²) in [5, 5.41) is 3.69. The quantitative estimate of drug-likeness (QED) is 0.412. The van der Waals surface area contributed by atoms with Gasteiger partial charge in [0.15, 0.2) is 0 Å². The molecule has 0 aliphatic carbocycles. The number of nitrogens with one attached hydrogen (secondary N) is 1. The molecule has 1 fully saturated rings. The van der Waals surface area contributed by atoms with Crippen LogP contribution in [-0.2, 0) is 14.3 Å². The second kappa shape index (κ2) is 11.9. The zero-order valence-corrected chi connectivity index (χ0v) is 21.9. The maximum absolute atomic E-state index is 13.3. The maximum atomic E-state index is 13.3. The van der Waals surface area contributed by atoms with Gasteiger partial charge in [0.2, 0.25) is 5.91 Å². The minimum atomic E-state index is -0.803. The fourth-order valence-corrected chi connectivity index (χ4v) is 5.09. The number of amides is 3. The highest BCUT2D eigenvalue weighted by Crippen LogP contribution is 2.36. The van der Waals surface area contributed by atoms with E-state index in [2.05, 4.69) is 16.8 Å². The minimum Gasteiger partial charge on any atom is -0.463 e. The summed E-state index contributed by atoms with van der Waals surface area (Å²) in [6.07, 6.45) is 2.07. The molecule has 1 saturated heterocycles. The summed E-state index contributed by atoms with van der Waals surface area (Å²) in [6.45, 7) is 11.9. The normalized spacial score (nSPS) is 21.1. The van der Waals surface area contributed by atoms with E-state index in [0.717, 1.165) is 0 Å². The number of piperazine rings is 1. The van der Waals surface area contributed by atoms with E-state index in [4.69, 9.17) is 27.9 Å². The lowest BCUT2D eigenvalue weighted by Crippen LogP contribution is -2.56. The van der Waals surface area contributed by atoms with Gasteiger partial charge in [-0.15, -0.1) is 6.58 Å². The first-order valence-electron chi connectivity index (χ1n) is 11.8. The van der Waals surface area contributed by atoms with Crippen molar-refractivity contribution >= 4 is 41.1 Å². The average Bonchev–Trinajstić information content (AvgIpc) is 2.81. The van der Waals surface area contributed by atoms with E-state index in [0.29, 0.717) is 59.5 Å². The van der Waals surface area contributed by atoms with Crippen molar-refractivity contribution in [3.63, 3.8) is 0 Å². The van der Waals surface area contributed by atoms with E-state index < -0.39 is 12.0 Å². The number of benzene rings is 1. The summed E-state index contributed by atoms with van der Waals surface area (Å²) >= 11 is 12.6. The molecule has 2 aliphatic heterocycles. The molecule has 0 saturated carbocycles. The summed E-state index contributed by atoms with van der Waals surface area (Å²) in [5.74, 6) is -0.410. The van der Waals surface area contributed by atoms with E-state index in [-0.39, 0.29) is 31.1 Å². The van der Waals surface area contributed by atoms with E-state index in [1.54, 1.807) is 31.2 Å². The van der Waals surface area contributed by atoms with Crippen molar-refractivity contribution in [3.05, 3.63) is 57.7 Å². The molecule has 0 bridgehead atoms. The lowest BCUT2D eigenvalue weighted by Gasteiger charge is -2.43. The zero-order chi connectivity index (χ0) is 25.7. The number of nitrogens with zero attached hydrogens (tertiary/aromatic N) is 3. The van der Waals surface area contributed by atoms with E-state index >= 15 is 0 Å². The molecule has 3 rings (SSSR count). The van der Waals surface area contributed by atoms with E-state index in [1.807, 2.05) is 18.7 Å². The average molecular weight is 523 g/mol. The Morgan fingerprint density at radius 2 is 2.00 bits per heavy atom. The number of ether oxygens (including phenoxy) is 1. The zero-order valence-electron chi connectivity index (χ0n) is 20.4. The molecular weight excluding hydrogens is 491 g/mol. The van der Waals surface area contributed by atoms with Crippen LogP contribution in [-0.4, -0.2) is 78.0 Å². The molecule has 35 heavy (non-hydrogen) atoms. The third-order valence-corrected chi connectivity index (χ3v) is 6.79. The second-order valence-electron chi connectivity index (χ2n) is 8.55. The molecule has 1 aromatic rings. The largest absolute Gasteiger partial charge is 0.463 e. The topological polar surface area (TPSA) is 82.2 Å². The van der Waals surface area contributed by atoms with Crippen LogP contribution < -0.4 is 5.32 Å². The SMILES string of the molecule is C=CCN1C(=O)NC(c2ccc(Cl)cc2Cl)C(C(=O)OCC)=C1CN1CCN(C(=O)CC)C(C)C1. The van der Waals surface area contributed by atoms with Gasteiger partial charge in [0.25, 0.3) is 0 Å². The van der Waals surface area contributed by atoms with Crippen LogP contribution in [0.2, 0.25) is 10.0 Å². The van der Waals surface area contributed by atoms with Gasteiger partial charge in [-0.3, -0.25) is 14.6 Å². The van der Waals surface area contributed by atoms with Gasteiger partial charge in [0.1, 0.15) is 0 Å². The van der Waals surface area contributed by atoms with Crippen LogP contribution in [0.5, 0.6) is 0 Å². The van der Waals surface area contributed by atoms with Gasteiger partial charge in [0.05, 0.1) is 18.2 Å². The van der Waals surface area contributed by atoms with Crippen molar-refractivity contribution in [3.8, 4) is 0 Å². The monoisotopic (exact) mass is 522 g/mol. The molecule has 2 atom stereocenters. The molecule has 1 aromatic carbocycles. The molecule has 3 amide bonds. The fraction of sp³-hybridized carbons (Fsp3) is 0.480. The Morgan fingerprint density at radius 1 is 1.26 bits per heavy atom. The van der Waals surface area contributed by atoms with Gasteiger partial charge < -0.3 is 15.0 Å². The number of hydrogen-bond acceptors (Lipinski definition) is 5. The molecule has 8 nitrogen and oxygen atoms in total. The molecule has 0 radical (unpaired) electrons. The van der Waals surface area contributed by atoms with Crippen LogP contribution in [0.15, 0.2) is 42.1 Å². The van der Waals surface area contributed by atoms with Crippen LogP contribution in [0.4, 0.5) is 4.79 Å². The second-order valence-corrected chi connectivity index (χ2v) is 9.40. The highest BCUT2D eigenvalue weighted by molar-refractivity contribution is 6.35. The number of carbonyl (C=O) groups is 3. The van der Waals surface area contributed by atoms with Gasteiger partial charge in [0, 0.05) is 60.9 Å². The van der Waals surface area contributed by atoms with Crippen molar-refractivity contribution in [2.24, 2.45) is 0 Å². The predicted molar refractivity (Wildman–Crippen MR) is 136 cm³/mol. The number of carbonyl (C=O) groups excluding carboxylic acids is 3. The van der Waals surface area contributed by atoms with E-state index in [1.165, 1.54) is 4.90 Å². The van der Waals surface area contributed by atoms with E-state index in [9.17, 15) is 14.4 Å². The van der Waals surface area contributed by atoms with Crippen molar-refractivity contribution in [1.29, 1.82) is 0 Å². The van der Waals surface area contributed by atoms with Crippen LogP contribution in [0, 0.1) is 0 Å². The smallest absolute Gasteiger partial charge is 0.338 e. The van der Waals surface area contributed by atoms with Crippen molar-refractivity contribution in [2.75, 3.05) is 39.3 Å². The number of rotatable bonds is 8. The molecule has 190 valence electrons.